The fourth-order valence-corrected chi connectivity index (χ4v) is 5.14. The summed E-state index contributed by atoms with van der Waals surface area (Å²) in [6.45, 7) is 3.47. The lowest BCUT2D eigenvalue weighted by molar-refractivity contribution is -0.0156. The average molecular weight is 475 g/mol. The monoisotopic (exact) mass is 474 g/mol. The molecule has 0 aromatic heterocycles. The van der Waals surface area contributed by atoms with Crippen molar-refractivity contribution in [2.24, 2.45) is 0 Å². The molecule has 0 unspecified atom stereocenters. The van der Waals surface area contributed by atoms with E-state index in [1.165, 1.54) is 12.1 Å². The number of fused-ring (bicyclic) bond motifs is 3. The summed E-state index contributed by atoms with van der Waals surface area (Å²) >= 11 is 6.29. The molecule has 1 fully saturated rings. The van der Waals surface area contributed by atoms with Crippen molar-refractivity contribution in [3.8, 4) is 5.75 Å². The van der Waals surface area contributed by atoms with E-state index >= 15 is 0 Å². The largest absolute Gasteiger partial charge is 0.492 e. The molecule has 7 heteroatoms. The van der Waals surface area contributed by atoms with Crippen molar-refractivity contribution in [1.82, 2.24) is 9.80 Å². The number of benzene rings is 2. The Bertz CT molecular complexity index is 957. The second-order valence-corrected chi connectivity index (χ2v) is 9.27. The van der Waals surface area contributed by atoms with Crippen molar-refractivity contribution in [2.45, 2.75) is 50.8 Å². The third-order valence-corrected chi connectivity index (χ3v) is 7.02. The lowest BCUT2D eigenvalue weighted by atomic mass is 9.93. The van der Waals surface area contributed by atoms with Crippen LogP contribution in [0, 0.1) is 5.82 Å². The molecule has 2 aromatic carbocycles. The van der Waals surface area contributed by atoms with Crippen LogP contribution in [0.3, 0.4) is 0 Å². The Morgan fingerprint density at radius 1 is 1.09 bits per heavy atom. The summed E-state index contributed by atoms with van der Waals surface area (Å²) < 4.78 is 25.3. The van der Waals surface area contributed by atoms with E-state index in [0.717, 1.165) is 50.8 Å². The summed E-state index contributed by atoms with van der Waals surface area (Å²) in [7, 11) is 1.74. The van der Waals surface area contributed by atoms with E-state index in [1.54, 1.807) is 13.2 Å². The first kappa shape index (κ1) is 24.0. The van der Waals surface area contributed by atoms with Gasteiger partial charge in [-0.1, -0.05) is 30.2 Å². The van der Waals surface area contributed by atoms with Gasteiger partial charge in [0.25, 0.3) is 5.91 Å². The van der Waals surface area contributed by atoms with E-state index < -0.39 is 0 Å². The van der Waals surface area contributed by atoms with Gasteiger partial charge in [-0.05, 0) is 68.1 Å². The van der Waals surface area contributed by atoms with Crippen LogP contribution < -0.4 is 4.74 Å². The number of hydrogen-bond donors (Lipinski definition) is 0. The molecule has 2 aliphatic rings. The Balaban J connectivity index is 1.54. The number of carbonyl (C=O) groups is 1. The highest BCUT2D eigenvalue weighted by atomic mass is 35.5. The maximum Gasteiger partial charge on any atom is 0.254 e. The molecule has 4 rings (SSSR count). The molecule has 2 aliphatic heterocycles. The van der Waals surface area contributed by atoms with Gasteiger partial charge in [-0.25, -0.2) is 4.39 Å². The molecule has 5 nitrogen and oxygen atoms in total. The number of methoxy groups -OCH3 is 1. The van der Waals surface area contributed by atoms with Crippen molar-refractivity contribution in [2.75, 3.05) is 33.4 Å². The van der Waals surface area contributed by atoms with Crippen molar-refractivity contribution < 1.29 is 18.7 Å². The highest BCUT2D eigenvalue weighted by molar-refractivity contribution is 6.31. The summed E-state index contributed by atoms with van der Waals surface area (Å²) in [5.41, 5.74) is 1.56. The number of halogens is 2. The molecule has 0 spiro atoms. The van der Waals surface area contributed by atoms with Crippen molar-refractivity contribution in [1.29, 1.82) is 0 Å². The number of amides is 1. The van der Waals surface area contributed by atoms with Crippen LogP contribution in [0.4, 0.5) is 4.39 Å². The van der Waals surface area contributed by atoms with E-state index in [9.17, 15) is 9.18 Å². The fraction of sp³-hybridized carbons (Fsp3) is 0.500. The lowest BCUT2D eigenvalue weighted by Gasteiger charge is -2.41. The third kappa shape index (κ3) is 6.05. The second kappa shape index (κ2) is 11.3. The lowest BCUT2D eigenvalue weighted by Crippen LogP contribution is -2.51. The van der Waals surface area contributed by atoms with Gasteiger partial charge in [0.15, 0.2) is 0 Å². The van der Waals surface area contributed by atoms with Gasteiger partial charge >= 0.3 is 0 Å². The van der Waals surface area contributed by atoms with Crippen LogP contribution in [0.25, 0.3) is 0 Å². The van der Waals surface area contributed by atoms with Gasteiger partial charge < -0.3 is 14.4 Å². The van der Waals surface area contributed by atoms with E-state index in [0.29, 0.717) is 36.0 Å². The Morgan fingerprint density at radius 3 is 2.79 bits per heavy atom. The molecule has 2 aromatic rings. The first-order valence-electron chi connectivity index (χ1n) is 11.8. The highest BCUT2D eigenvalue weighted by Crippen LogP contribution is 2.27. The van der Waals surface area contributed by atoms with Crippen molar-refractivity contribution >= 4 is 17.5 Å². The van der Waals surface area contributed by atoms with Gasteiger partial charge in [0, 0.05) is 37.3 Å². The van der Waals surface area contributed by atoms with Gasteiger partial charge in [0.2, 0.25) is 0 Å². The van der Waals surface area contributed by atoms with E-state index in [-0.39, 0.29) is 23.9 Å². The molecular formula is C26H32ClFN2O3. The Kier molecular flexibility index (Phi) is 8.23. The molecule has 1 amide bonds. The molecule has 2 atom stereocenters. The van der Waals surface area contributed by atoms with E-state index in [4.69, 9.17) is 21.1 Å². The standard InChI is InChI=1S/C26H32ClFN2O3/c1-32-25-9-5-13-30-24(25)8-2-3-12-29(18-20-10-11-21(28)17-23(20)27)14-15-33-22-7-4-6-19(16-22)26(30)31/h4,6-7,10-11,16-17,24-25H,2-3,5,8-9,12-15,18H2,1H3/t24-,25-/m0/s1. The summed E-state index contributed by atoms with van der Waals surface area (Å²) in [5.74, 6) is 0.415. The smallest absolute Gasteiger partial charge is 0.254 e. The number of piperidine rings is 1. The molecule has 2 bridgehead atoms. The predicted octanol–water partition coefficient (Wildman–Crippen LogP) is 5.16. The van der Waals surface area contributed by atoms with Gasteiger partial charge in [-0.2, -0.15) is 0 Å². The Morgan fingerprint density at radius 2 is 1.97 bits per heavy atom. The maximum atomic E-state index is 13.5. The van der Waals surface area contributed by atoms with Gasteiger partial charge in [-0.15, -0.1) is 0 Å². The van der Waals surface area contributed by atoms with Crippen LogP contribution in [0.2, 0.25) is 5.02 Å². The number of carbonyl (C=O) groups excluding carboxylic acids is 1. The summed E-state index contributed by atoms with van der Waals surface area (Å²) in [5, 5.41) is 0.447. The van der Waals surface area contributed by atoms with Crippen LogP contribution in [-0.2, 0) is 11.3 Å². The highest BCUT2D eigenvalue weighted by Gasteiger charge is 2.34. The first-order valence-corrected chi connectivity index (χ1v) is 12.2. The Labute approximate surface area is 200 Å². The SMILES string of the molecule is CO[C@H]1CCCN2C(=O)c3cccc(c3)OCCN(Cc3ccc(F)cc3Cl)CCCC[C@@H]12. The summed E-state index contributed by atoms with van der Waals surface area (Å²) in [4.78, 5) is 17.6. The molecule has 2 heterocycles. The zero-order chi connectivity index (χ0) is 23.2. The van der Waals surface area contributed by atoms with Crippen LogP contribution in [-0.4, -0.2) is 61.2 Å². The molecule has 178 valence electrons. The maximum absolute atomic E-state index is 13.5. The number of nitrogens with zero attached hydrogens (tertiary/aromatic N) is 2. The average Bonchev–Trinajstić information content (AvgIpc) is 2.82. The number of ether oxygens (including phenoxy) is 2. The molecule has 0 saturated carbocycles. The quantitative estimate of drug-likeness (QED) is 0.616. The van der Waals surface area contributed by atoms with Gasteiger partial charge in [-0.3, -0.25) is 9.69 Å². The first-order chi connectivity index (χ1) is 16.0. The zero-order valence-corrected chi connectivity index (χ0v) is 19.9. The summed E-state index contributed by atoms with van der Waals surface area (Å²) in [6.07, 6.45) is 4.86. The number of rotatable bonds is 3. The van der Waals surface area contributed by atoms with Gasteiger partial charge in [0.1, 0.15) is 18.2 Å². The predicted molar refractivity (Wildman–Crippen MR) is 127 cm³/mol. The minimum atomic E-state index is -0.327. The van der Waals surface area contributed by atoms with E-state index in [2.05, 4.69) is 4.90 Å². The molecule has 0 aliphatic carbocycles. The molecule has 0 N–H and O–H groups in total. The topological polar surface area (TPSA) is 42.0 Å². The third-order valence-electron chi connectivity index (χ3n) is 6.67. The molecule has 33 heavy (non-hydrogen) atoms. The minimum absolute atomic E-state index is 0.0526. The normalized spacial score (nSPS) is 22.9. The van der Waals surface area contributed by atoms with E-state index in [1.807, 2.05) is 29.2 Å². The van der Waals surface area contributed by atoms with Gasteiger partial charge in [0.05, 0.1) is 12.1 Å². The zero-order valence-electron chi connectivity index (χ0n) is 19.1. The van der Waals surface area contributed by atoms with Crippen LogP contribution in [0.5, 0.6) is 5.75 Å². The van der Waals surface area contributed by atoms with Crippen LogP contribution in [0.15, 0.2) is 42.5 Å². The Hall–Kier alpha value is -2.15. The second-order valence-electron chi connectivity index (χ2n) is 8.87. The van der Waals surface area contributed by atoms with Crippen molar-refractivity contribution in [3.05, 3.63) is 64.4 Å². The minimum Gasteiger partial charge on any atom is -0.492 e. The van der Waals surface area contributed by atoms with Crippen LogP contribution in [0.1, 0.15) is 48.0 Å². The number of hydrogen-bond acceptors (Lipinski definition) is 4. The fourth-order valence-electron chi connectivity index (χ4n) is 4.92. The molecular weight excluding hydrogens is 443 g/mol. The van der Waals surface area contributed by atoms with Crippen molar-refractivity contribution in [3.63, 3.8) is 0 Å². The summed E-state index contributed by atoms with van der Waals surface area (Å²) in [6, 6.07) is 12.1. The molecule has 0 radical (unpaired) electrons. The van der Waals surface area contributed by atoms with Crippen LogP contribution >= 0.6 is 11.6 Å². The molecule has 1 saturated heterocycles.